The lowest BCUT2D eigenvalue weighted by molar-refractivity contribution is -0.129. The van der Waals surface area contributed by atoms with Crippen LogP contribution < -0.4 is 9.62 Å². The van der Waals surface area contributed by atoms with Crippen LogP contribution in [0.1, 0.15) is 23.7 Å². The molecule has 4 rings (SSSR count). The third-order valence-corrected chi connectivity index (χ3v) is 7.09. The Hall–Kier alpha value is -3.23. The van der Waals surface area contributed by atoms with Crippen molar-refractivity contribution in [1.82, 2.24) is 4.90 Å². The fourth-order valence-electron chi connectivity index (χ4n) is 3.84. The Kier molecular flexibility index (Phi) is 7.59. The highest BCUT2D eigenvalue weighted by Gasteiger charge is 2.20. The molecule has 1 atom stereocenters. The Bertz CT molecular complexity index is 1200. The van der Waals surface area contributed by atoms with Gasteiger partial charge >= 0.3 is 0 Å². The van der Waals surface area contributed by atoms with Gasteiger partial charge in [0.1, 0.15) is 11.0 Å². The van der Waals surface area contributed by atoms with Gasteiger partial charge in [-0.3, -0.25) is 14.6 Å². The van der Waals surface area contributed by atoms with Crippen molar-refractivity contribution in [1.29, 1.82) is 0 Å². The minimum Gasteiger partial charge on any atom is -0.368 e. The van der Waals surface area contributed by atoms with E-state index in [1.807, 2.05) is 35.2 Å². The Balaban J connectivity index is 1.47. The molecule has 0 radical (unpaired) electrons. The summed E-state index contributed by atoms with van der Waals surface area (Å²) in [6.07, 6.45) is 7.17. The number of nitrogens with one attached hydrogen (secondary N) is 1. The molecule has 2 aromatic rings. The third-order valence-electron chi connectivity index (χ3n) is 5.75. The number of amides is 1. The summed E-state index contributed by atoms with van der Waals surface area (Å²) in [6.45, 7) is 4.48. The highest BCUT2D eigenvalue weighted by Crippen LogP contribution is 2.27. The molecular formula is C25H25ClN4O3S. The van der Waals surface area contributed by atoms with Crippen LogP contribution in [0.5, 0.6) is 0 Å². The smallest absolute Gasteiger partial charge is 0.219 e. The maximum atomic E-state index is 13.1. The molecule has 1 N–H and O–H groups in total. The zero-order valence-electron chi connectivity index (χ0n) is 18.7. The molecular weight excluding hydrogens is 472 g/mol. The minimum absolute atomic E-state index is 0.0939. The van der Waals surface area contributed by atoms with Crippen LogP contribution in [-0.4, -0.2) is 53.2 Å². The largest absolute Gasteiger partial charge is 0.368 e. The van der Waals surface area contributed by atoms with Crippen LogP contribution in [0.25, 0.3) is 0 Å². The van der Waals surface area contributed by atoms with Gasteiger partial charge < -0.3 is 14.5 Å². The first-order valence-corrected chi connectivity index (χ1v) is 12.5. The molecule has 1 unspecified atom stereocenters. The van der Waals surface area contributed by atoms with Crippen LogP contribution in [-0.2, 0) is 15.8 Å². The van der Waals surface area contributed by atoms with E-state index in [2.05, 4.69) is 14.6 Å². The van der Waals surface area contributed by atoms with Crippen molar-refractivity contribution in [3.63, 3.8) is 0 Å². The van der Waals surface area contributed by atoms with E-state index in [0.29, 0.717) is 46.3 Å². The number of rotatable bonds is 6. The van der Waals surface area contributed by atoms with Crippen LogP contribution >= 0.6 is 11.6 Å². The molecule has 1 saturated heterocycles. The number of aliphatic imine (C=N–C) groups is 1. The summed E-state index contributed by atoms with van der Waals surface area (Å²) >= 11 is 6.16. The monoisotopic (exact) mass is 496 g/mol. The summed E-state index contributed by atoms with van der Waals surface area (Å²) in [5.41, 5.74) is 2.39. The topological polar surface area (TPSA) is 82.1 Å². The summed E-state index contributed by atoms with van der Waals surface area (Å²) in [6, 6.07) is 12.4. The van der Waals surface area contributed by atoms with Crippen molar-refractivity contribution in [2.75, 3.05) is 35.8 Å². The SMILES string of the molecule is CC(=O)N1CCN(c2ccc(S(=O)Nc3ccc(Cl)cc3C(=O)C3=CC=NC=CC3)cc2)CC1. The zero-order chi connectivity index (χ0) is 24.1. The highest BCUT2D eigenvalue weighted by atomic mass is 35.5. The van der Waals surface area contributed by atoms with Gasteiger partial charge in [0.15, 0.2) is 5.78 Å². The van der Waals surface area contributed by atoms with Crippen molar-refractivity contribution in [3.8, 4) is 0 Å². The lowest BCUT2D eigenvalue weighted by atomic mass is 9.99. The predicted octanol–water partition coefficient (Wildman–Crippen LogP) is 4.24. The molecule has 0 aliphatic carbocycles. The fourth-order valence-corrected chi connectivity index (χ4v) is 4.90. The van der Waals surface area contributed by atoms with E-state index in [-0.39, 0.29) is 11.7 Å². The average molecular weight is 497 g/mol. The number of hydrogen-bond acceptors (Lipinski definition) is 5. The van der Waals surface area contributed by atoms with E-state index in [4.69, 9.17) is 11.6 Å². The van der Waals surface area contributed by atoms with Gasteiger partial charge in [-0.05, 0) is 55.0 Å². The number of carbonyl (C=O) groups excluding carboxylic acids is 2. The summed E-state index contributed by atoms with van der Waals surface area (Å²) in [5, 5.41) is 0.423. The molecule has 2 aliphatic heterocycles. The molecule has 0 bridgehead atoms. The van der Waals surface area contributed by atoms with E-state index in [0.717, 1.165) is 18.8 Å². The molecule has 2 heterocycles. The standard InChI is InChI=1S/C25H25ClN4O3S/c1-18(31)29-13-15-30(16-14-29)21-5-7-22(8-6-21)34(33)28-24-9-4-20(26)17-23(24)25(32)19-3-2-11-27-12-10-19/h2,4-12,17,28H,3,13-16H2,1H3. The molecule has 0 saturated carbocycles. The van der Waals surface area contributed by atoms with E-state index in [1.165, 1.54) is 0 Å². The maximum Gasteiger partial charge on any atom is 0.219 e. The number of carbonyl (C=O) groups is 2. The van der Waals surface area contributed by atoms with Gasteiger partial charge in [0.05, 0.1) is 10.6 Å². The minimum atomic E-state index is -1.58. The number of piperazine rings is 1. The number of anilines is 2. The van der Waals surface area contributed by atoms with Crippen molar-refractivity contribution in [3.05, 3.63) is 77.0 Å². The Morgan fingerprint density at radius 1 is 1.06 bits per heavy atom. The number of Topliss-reactive ketones (excluding diaryl/α,β-unsaturated/α-hetero) is 1. The number of benzene rings is 2. The van der Waals surface area contributed by atoms with Crippen molar-refractivity contribution < 1.29 is 13.8 Å². The summed E-state index contributed by atoms with van der Waals surface area (Å²) in [4.78, 5) is 33.3. The van der Waals surface area contributed by atoms with E-state index in [1.54, 1.807) is 43.6 Å². The van der Waals surface area contributed by atoms with E-state index < -0.39 is 11.0 Å². The van der Waals surface area contributed by atoms with Crippen LogP contribution in [0, 0.1) is 0 Å². The second-order valence-corrected chi connectivity index (χ2v) is 9.61. The normalized spacial score (nSPS) is 16.6. The molecule has 176 valence electrons. The van der Waals surface area contributed by atoms with E-state index in [9.17, 15) is 13.8 Å². The second kappa shape index (κ2) is 10.8. The Morgan fingerprint density at radius 3 is 2.50 bits per heavy atom. The van der Waals surface area contributed by atoms with Gasteiger partial charge in [0.25, 0.3) is 0 Å². The van der Waals surface area contributed by atoms with Crippen molar-refractivity contribution in [2.24, 2.45) is 4.99 Å². The summed E-state index contributed by atoms with van der Waals surface area (Å²) in [7, 11) is -1.58. The number of allylic oxidation sites excluding steroid dienone is 3. The quantitative estimate of drug-likeness (QED) is 0.606. The second-order valence-electron chi connectivity index (χ2n) is 7.96. The van der Waals surface area contributed by atoms with Gasteiger partial charge in [-0.15, -0.1) is 0 Å². The number of nitrogens with zero attached hydrogens (tertiary/aromatic N) is 3. The van der Waals surface area contributed by atoms with E-state index >= 15 is 0 Å². The molecule has 1 fully saturated rings. The number of hydrogen-bond donors (Lipinski definition) is 1. The summed E-state index contributed by atoms with van der Waals surface area (Å²) in [5.74, 6) is -0.100. The fraction of sp³-hybridized carbons (Fsp3) is 0.240. The molecule has 7 nitrogen and oxygen atoms in total. The molecule has 0 aromatic heterocycles. The predicted molar refractivity (Wildman–Crippen MR) is 137 cm³/mol. The molecule has 0 spiro atoms. The van der Waals surface area contributed by atoms with Crippen LogP contribution in [0.3, 0.4) is 0 Å². The zero-order valence-corrected chi connectivity index (χ0v) is 20.3. The van der Waals surface area contributed by atoms with Crippen molar-refractivity contribution in [2.45, 2.75) is 18.2 Å². The maximum absolute atomic E-state index is 13.1. The van der Waals surface area contributed by atoms with Gasteiger partial charge in [-0.25, -0.2) is 4.21 Å². The average Bonchev–Trinajstić information content (AvgIpc) is 3.14. The molecule has 1 amide bonds. The first-order chi connectivity index (χ1) is 16.4. The van der Waals surface area contributed by atoms with Crippen LogP contribution in [0.2, 0.25) is 5.02 Å². The lowest BCUT2D eigenvalue weighted by Gasteiger charge is -2.35. The first-order valence-electron chi connectivity index (χ1n) is 10.9. The molecule has 2 aliphatic rings. The molecule has 34 heavy (non-hydrogen) atoms. The van der Waals surface area contributed by atoms with Gasteiger partial charge in [0, 0.05) is 67.4 Å². The number of ketones is 1. The van der Waals surface area contributed by atoms with Crippen molar-refractivity contribution >= 4 is 51.9 Å². The first kappa shape index (κ1) is 23.9. The van der Waals surface area contributed by atoms with Gasteiger partial charge in [-0.2, -0.15) is 0 Å². The molecule has 9 heteroatoms. The van der Waals surface area contributed by atoms with Gasteiger partial charge in [0.2, 0.25) is 5.91 Å². The Morgan fingerprint density at radius 2 is 1.79 bits per heavy atom. The summed E-state index contributed by atoms with van der Waals surface area (Å²) < 4.78 is 16.0. The Labute approximate surface area is 206 Å². The lowest BCUT2D eigenvalue weighted by Crippen LogP contribution is -2.48. The highest BCUT2D eigenvalue weighted by molar-refractivity contribution is 7.86. The van der Waals surface area contributed by atoms with Crippen LogP contribution in [0.15, 0.2) is 76.3 Å². The van der Waals surface area contributed by atoms with Crippen LogP contribution in [0.4, 0.5) is 11.4 Å². The van der Waals surface area contributed by atoms with Gasteiger partial charge in [-0.1, -0.05) is 17.7 Å². The number of halogens is 1. The molecule has 2 aromatic carbocycles. The third kappa shape index (κ3) is 5.63.